The second-order valence-corrected chi connectivity index (χ2v) is 4.44. The summed E-state index contributed by atoms with van der Waals surface area (Å²) in [5.41, 5.74) is -0.974. The molecule has 0 radical (unpaired) electrons. The van der Waals surface area contributed by atoms with Gasteiger partial charge in [0, 0.05) is 0 Å². The quantitative estimate of drug-likeness (QED) is 0.587. The zero-order chi connectivity index (χ0) is 13.6. The van der Waals surface area contributed by atoms with E-state index in [1.165, 1.54) is 14.2 Å². The van der Waals surface area contributed by atoms with Crippen molar-refractivity contribution in [3.8, 4) is 0 Å². The van der Waals surface area contributed by atoms with E-state index in [9.17, 15) is 14.4 Å². The van der Waals surface area contributed by atoms with Gasteiger partial charge in [0.25, 0.3) is 0 Å². The molecular formula is C12H19NO5. The van der Waals surface area contributed by atoms with E-state index in [0.29, 0.717) is 12.8 Å². The van der Waals surface area contributed by atoms with Gasteiger partial charge in [-0.25, -0.2) is 4.79 Å². The lowest BCUT2D eigenvalue weighted by Crippen LogP contribution is -2.56. The van der Waals surface area contributed by atoms with Gasteiger partial charge in [-0.3, -0.25) is 9.59 Å². The monoisotopic (exact) mass is 257 g/mol. The lowest BCUT2D eigenvalue weighted by Gasteiger charge is -2.35. The average Bonchev–Trinajstić information content (AvgIpc) is 2.38. The lowest BCUT2D eigenvalue weighted by atomic mass is 9.81. The van der Waals surface area contributed by atoms with E-state index in [-0.39, 0.29) is 6.42 Å². The summed E-state index contributed by atoms with van der Waals surface area (Å²) < 4.78 is 9.17. The first-order valence-corrected chi connectivity index (χ1v) is 6.00. The van der Waals surface area contributed by atoms with Crippen LogP contribution in [0.15, 0.2) is 0 Å². The molecule has 0 aromatic rings. The minimum absolute atomic E-state index is 0.380. The molecule has 1 fully saturated rings. The molecule has 18 heavy (non-hydrogen) atoms. The Bertz CT molecular complexity index is 333. The van der Waals surface area contributed by atoms with Gasteiger partial charge in [0.1, 0.15) is 12.0 Å². The summed E-state index contributed by atoms with van der Waals surface area (Å²) in [4.78, 5) is 34.5. The fraction of sp³-hybridized carbons (Fsp3) is 0.750. The highest BCUT2D eigenvalue weighted by atomic mass is 16.5. The number of methoxy groups -OCH3 is 2. The largest absolute Gasteiger partial charge is 0.469 e. The number of nitrogens with one attached hydrogen (secondary N) is 1. The molecule has 6 heteroatoms. The van der Waals surface area contributed by atoms with Gasteiger partial charge in [-0.05, 0) is 12.8 Å². The summed E-state index contributed by atoms with van der Waals surface area (Å²) in [6, 6.07) is 0. The molecule has 1 N–H and O–H groups in total. The van der Waals surface area contributed by atoms with Gasteiger partial charge in [0.05, 0.1) is 14.2 Å². The molecule has 1 amide bonds. The minimum atomic E-state index is -0.974. The first kappa shape index (κ1) is 14.5. The van der Waals surface area contributed by atoms with E-state index >= 15 is 0 Å². The van der Waals surface area contributed by atoms with Gasteiger partial charge in [-0.1, -0.05) is 19.3 Å². The number of hydrogen-bond donors (Lipinski definition) is 1. The van der Waals surface area contributed by atoms with Gasteiger partial charge < -0.3 is 14.8 Å². The average molecular weight is 257 g/mol. The fourth-order valence-corrected chi connectivity index (χ4v) is 2.25. The number of rotatable bonds is 4. The second-order valence-electron chi connectivity index (χ2n) is 4.44. The Labute approximate surface area is 106 Å². The van der Waals surface area contributed by atoms with Crippen molar-refractivity contribution in [2.75, 3.05) is 14.2 Å². The number of hydrogen-bond acceptors (Lipinski definition) is 5. The van der Waals surface area contributed by atoms with Crippen molar-refractivity contribution >= 4 is 17.8 Å². The van der Waals surface area contributed by atoms with Crippen molar-refractivity contribution in [3.05, 3.63) is 0 Å². The predicted molar refractivity (Wildman–Crippen MR) is 62.6 cm³/mol. The summed E-state index contributed by atoms with van der Waals surface area (Å²) in [7, 11) is 2.51. The first-order chi connectivity index (χ1) is 8.54. The van der Waals surface area contributed by atoms with Crippen molar-refractivity contribution < 1.29 is 23.9 Å². The summed E-state index contributed by atoms with van der Waals surface area (Å²) >= 11 is 0. The molecule has 0 saturated heterocycles. The van der Waals surface area contributed by atoms with Crippen LogP contribution in [0.5, 0.6) is 0 Å². The van der Waals surface area contributed by atoms with Crippen LogP contribution in [0.3, 0.4) is 0 Å². The third-order valence-electron chi connectivity index (χ3n) is 3.19. The summed E-state index contributed by atoms with van der Waals surface area (Å²) in [5, 5.41) is 2.63. The van der Waals surface area contributed by atoms with E-state index < -0.39 is 23.4 Å². The van der Waals surface area contributed by atoms with Crippen LogP contribution >= 0.6 is 0 Å². The topological polar surface area (TPSA) is 81.7 Å². The van der Waals surface area contributed by atoms with Gasteiger partial charge in [0.2, 0.25) is 5.91 Å². The highest BCUT2D eigenvalue weighted by Crippen LogP contribution is 2.29. The Balaban J connectivity index is 2.69. The van der Waals surface area contributed by atoms with Gasteiger partial charge in [-0.2, -0.15) is 0 Å². The van der Waals surface area contributed by atoms with E-state index in [4.69, 9.17) is 4.74 Å². The van der Waals surface area contributed by atoms with Crippen LogP contribution in [0.2, 0.25) is 0 Å². The molecule has 0 unspecified atom stereocenters. The third-order valence-corrected chi connectivity index (χ3v) is 3.19. The smallest absolute Gasteiger partial charge is 0.331 e. The molecular weight excluding hydrogens is 238 g/mol. The normalized spacial score (nSPS) is 17.7. The van der Waals surface area contributed by atoms with Crippen LogP contribution in [0, 0.1) is 0 Å². The number of ether oxygens (including phenoxy) is 2. The van der Waals surface area contributed by atoms with Crippen molar-refractivity contribution in [2.45, 2.75) is 44.1 Å². The first-order valence-electron chi connectivity index (χ1n) is 6.00. The minimum Gasteiger partial charge on any atom is -0.469 e. The lowest BCUT2D eigenvalue weighted by molar-refractivity contribution is -0.154. The Morgan fingerprint density at radius 1 is 1.06 bits per heavy atom. The fourth-order valence-electron chi connectivity index (χ4n) is 2.25. The Kier molecular flexibility index (Phi) is 5.12. The molecule has 1 rings (SSSR count). The molecule has 1 aliphatic rings. The van der Waals surface area contributed by atoms with E-state index in [0.717, 1.165) is 19.3 Å². The number of carbonyl (C=O) groups excluding carboxylic acids is 3. The molecule has 0 heterocycles. The number of esters is 2. The van der Waals surface area contributed by atoms with Crippen LogP contribution < -0.4 is 5.32 Å². The molecule has 1 aliphatic carbocycles. The molecule has 0 aliphatic heterocycles. The molecule has 0 aromatic carbocycles. The van der Waals surface area contributed by atoms with Crippen LogP contribution in [0.1, 0.15) is 38.5 Å². The van der Waals surface area contributed by atoms with Crippen LogP contribution in [-0.4, -0.2) is 37.6 Å². The van der Waals surface area contributed by atoms with Crippen LogP contribution in [0.25, 0.3) is 0 Å². The number of amides is 1. The molecule has 6 nitrogen and oxygen atoms in total. The van der Waals surface area contributed by atoms with Crippen LogP contribution in [-0.2, 0) is 23.9 Å². The zero-order valence-electron chi connectivity index (χ0n) is 10.8. The van der Waals surface area contributed by atoms with Crippen molar-refractivity contribution in [3.63, 3.8) is 0 Å². The van der Waals surface area contributed by atoms with Gasteiger partial charge in [-0.15, -0.1) is 0 Å². The molecule has 1 saturated carbocycles. The number of carbonyl (C=O) groups is 3. The summed E-state index contributed by atoms with van der Waals surface area (Å²) in [5.74, 6) is -1.57. The predicted octanol–water partition coefficient (Wildman–Crippen LogP) is 0.542. The maximum atomic E-state index is 11.8. The van der Waals surface area contributed by atoms with Crippen molar-refractivity contribution in [2.24, 2.45) is 0 Å². The maximum Gasteiger partial charge on any atom is 0.331 e. The Morgan fingerprint density at radius 3 is 2.17 bits per heavy atom. The molecule has 0 bridgehead atoms. The highest BCUT2D eigenvalue weighted by Gasteiger charge is 2.42. The molecule has 0 atom stereocenters. The van der Waals surface area contributed by atoms with E-state index in [1.807, 2.05) is 0 Å². The second kappa shape index (κ2) is 6.37. The van der Waals surface area contributed by atoms with Crippen molar-refractivity contribution in [1.29, 1.82) is 0 Å². The standard InChI is InChI=1S/C12H19NO5/c1-17-10(15)8-9(14)13-12(11(16)18-2)6-4-3-5-7-12/h3-8H2,1-2H3,(H,13,14). The third kappa shape index (κ3) is 3.45. The molecule has 0 spiro atoms. The summed E-state index contributed by atoms with van der Waals surface area (Å²) in [6.45, 7) is 0. The maximum absolute atomic E-state index is 11.8. The Morgan fingerprint density at radius 2 is 1.67 bits per heavy atom. The Hall–Kier alpha value is -1.59. The SMILES string of the molecule is COC(=O)CC(=O)NC1(C(=O)OC)CCCCC1. The molecule has 102 valence electrons. The van der Waals surface area contributed by atoms with Crippen molar-refractivity contribution in [1.82, 2.24) is 5.32 Å². The molecule has 0 aromatic heterocycles. The zero-order valence-corrected chi connectivity index (χ0v) is 10.8. The van der Waals surface area contributed by atoms with Gasteiger partial charge in [0.15, 0.2) is 0 Å². The van der Waals surface area contributed by atoms with E-state index in [2.05, 4.69) is 10.1 Å². The highest BCUT2D eigenvalue weighted by molar-refractivity contribution is 5.97. The summed E-state index contributed by atoms with van der Waals surface area (Å²) in [6.07, 6.45) is 3.46. The van der Waals surface area contributed by atoms with Gasteiger partial charge >= 0.3 is 11.9 Å². The van der Waals surface area contributed by atoms with Crippen LogP contribution in [0.4, 0.5) is 0 Å². The van der Waals surface area contributed by atoms with E-state index in [1.54, 1.807) is 0 Å².